The number of fused-ring (bicyclic) bond motifs is 1. The number of esters is 1. The molecule has 2 aliphatic rings. The quantitative estimate of drug-likeness (QED) is 0.720. The molecule has 2 atom stereocenters. The van der Waals surface area contributed by atoms with Crippen LogP contribution < -0.4 is 0 Å². The predicted octanol–water partition coefficient (Wildman–Crippen LogP) is 1.98. The molecule has 1 heterocycles. The Labute approximate surface area is 109 Å². The van der Waals surface area contributed by atoms with E-state index < -0.39 is 0 Å². The first-order chi connectivity index (χ1) is 8.70. The summed E-state index contributed by atoms with van der Waals surface area (Å²) in [6, 6.07) is 0. The normalized spacial score (nSPS) is 26.8. The van der Waals surface area contributed by atoms with Crippen LogP contribution in [0.5, 0.6) is 0 Å². The predicted molar refractivity (Wildman–Crippen MR) is 67.9 cm³/mol. The fourth-order valence-electron chi connectivity index (χ4n) is 3.21. The maximum Gasteiger partial charge on any atom is 0.306 e. The van der Waals surface area contributed by atoms with Crippen molar-refractivity contribution in [2.75, 3.05) is 19.7 Å². The van der Waals surface area contributed by atoms with Gasteiger partial charge in [0, 0.05) is 19.5 Å². The molecular formula is C14H23NO3. The molecule has 0 N–H and O–H groups in total. The summed E-state index contributed by atoms with van der Waals surface area (Å²) in [5, 5.41) is 0. The van der Waals surface area contributed by atoms with Crippen LogP contribution in [0, 0.1) is 11.8 Å². The summed E-state index contributed by atoms with van der Waals surface area (Å²) in [5.74, 6) is 1.29. The van der Waals surface area contributed by atoms with Crippen LogP contribution in [0.3, 0.4) is 0 Å². The molecule has 0 bridgehead atoms. The molecule has 18 heavy (non-hydrogen) atoms. The standard InChI is InChI=1S/C14H23NO3/c1-2-18-14(17)8-7-13(16)15-9-11-5-3-4-6-12(11)10-15/h11-12H,2-10H2,1H3. The molecule has 102 valence electrons. The summed E-state index contributed by atoms with van der Waals surface area (Å²) in [4.78, 5) is 25.2. The largest absolute Gasteiger partial charge is 0.466 e. The molecule has 4 heteroatoms. The zero-order valence-electron chi connectivity index (χ0n) is 11.2. The Balaban J connectivity index is 1.75. The molecule has 0 aromatic carbocycles. The molecule has 0 aromatic rings. The lowest BCUT2D eigenvalue weighted by molar-refractivity contribution is -0.145. The zero-order chi connectivity index (χ0) is 13.0. The van der Waals surface area contributed by atoms with Crippen LogP contribution >= 0.6 is 0 Å². The Morgan fingerprint density at radius 2 is 1.72 bits per heavy atom. The van der Waals surface area contributed by atoms with Crippen molar-refractivity contribution >= 4 is 11.9 Å². The lowest BCUT2D eigenvalue weighted by atomic mass is 9.82. The Bertz CT molecular complexity index is 302. The Morgan fingerprint density at radius 3 is 2.28 bits per heavy atom. The fourth-order valence-corrected chi connectivity index (χ4v) is 3.21. The molecule has 1 saturated carbocycles. The third kappa shape index (κ3) is 3.24. The Morgan fingerprint density at radius 1 is 1.11 bits per heavy atom. The summed E-state index contributed by atoms with van der Waals surface area (Å²) < 4.78 is 4.84. The van der Waals surface area contributed by atoms with Gasteiger partial charge in [0.25, 0.3) is 0 Å². The number of carbonyl (C=O) groups excluding carboxylic acids is 2. The van der Waals surface area contributed by atoms with E-state index in [0.29, 0.717) is 24.9 Å². The summed E-state index contributed by atoms with van der Waals surface area (Å²) in [5.41, 5.74) is 0. The molecular weight excluding hydrogens is 230 g/mol. The van der Waals surface area contributed by atoms with Crippen LogP contribution in [0.2, 0.25) is 0 Å². The van der Waals surface area contributed by atoms with E-state index in [1.807, 2.05) is 4.90 Å². The van der Waals surface area contributed by atoms with Gasteiger partial charge >= 0.3 is 5.97 Å². The molecule has 1 aliphatic heterocycles. The second-order valence-electron chi connectivity index (χ2n) is 5.41. The molecule has 0 aromatic heterocycles. The minimum Gasteiger partial charge on any atom is -0.466 e. The SMILES string of the molecule is CCOC(=O)CCC(=O)N1CC2CCCCC2C1. The zero-order valence-corrected chi connectivity index (χ0v) is 11.2. The number of ether oxygens (including phenoxy) is 1. The maximum absolute atomic E-state index is 12.0. The first kappa shape index (κ1) is 13.4. The van der Waals surface area contributed by atoms with Crippen molar-refractivity contribution in [3.63, 3.8) is 0 Å². The minimum atomic E-state index is -0.262. The van der Waals surface area contributed by atoms with Gasteiger partial charge in [0.05, 0.1) is 13.0 Å². The van der Waals surface area contributed by atoms with Crippen LogP contribution in [-0.4, -0.2) is 36.5 Å². The van der Waals surface area contributed by atoms with Crippen molar-refractivity contribution in [1.82, 2.24) is 4.90 Å². The average molecular weight is 253 g/mol. The smallest absolute Gasteiger partial charge is 0.306 e. The number of carbonyl (C=O) groups is 2. The first-order valence-electron chi connectivity index (χ1n) is 7.14. The number of likely N-dealkylation sites (tertiary alicyclic amines) is 1. The van der Waals surface area contributed by atoms with E-state index >= 15 is 0 Å². The maximum atomic E-state index is 12.0. The van der Waals surface area contributed by atoms with Crippen molar-refractivity contribution in [1.29, 1.82) is 0 Å². The molecule has 2 fully saturated rings. The van der Waals surface area contributed by atoms with E-state index in [1.165, 1.54) is 25.7 Å². The summed E-state index contributed by atoms with van der Waals surface area (Å²) >= 11 is 0. The van der Waals surface area contributed by atoms with Gasteiger partial charge in [-0.15, -0.1) is 0 Å². The lowest BCUT2D eigenvalue weighted by Gasteiger charge is -2.22. The van der Waals surface area contributed by atoms with Crippen molar-refractivity contribution < 1.29 is 14.3 Å². The number of hydrogen-bond acceptors (Lipinski definition) is 3. The highest BCUT2D eigenvalue weighted by Gasteiger charge is 2.36. The molecule has 4 nitrogen and oxygen atoms in total. The second-order valence-corrected chi connectivity index (χ2v) is 5.41. The molecule has 1 saturated heterocycles. The summed E-state index contributed by atoms with van der Waals surface area (Å²) in [7, 11) is 0. The van der Waals surface area contributed by atoms with Crippen LogP contribution in [0.15, 0.2) is 0 Å². The van der Waals surface area contributed by atoms with Gasteiger partial charge in [0.15, 0.2) is 0 Å². The van der Waals surface area contributed by atoms with Gasteiger partial charge in [-0.1, -0.05) is 12.8 Å². The van der Waals surface area contributed by atoms with Gasteiger partial charge in [-0.3, -0.25) is 9.59 Å². The van der Waals surface area contributed by atoms with Crippen molar-refractivity contribution in [2.24, 2.45) is 11.8 Å². The van der Waals surface area contributed by atoms with Crippen LogP contribution in [0.1, 0.15) is 45.4 Å². The van der Waals surface area contributed by atoms with Gasteiger partial charge in [0.2, 0.25) is 5.91 Å². The molecule has 1 aliphatic carbocycles. The van der Waals surface area contributed by atoms with Gasteiger partial charge < -0.3 is 9.64 Å². The van der Waals surface area contributed by atoms with Crippen molar-refractivity contribution in [3.8, 4) is 0 Å². The third-order valence-corrected chi connectivity index (χ3v) is 4.18. The highest BCUT2D eigenvalue weighted by Crippen LogP contribution is 2.36. The van der Waals surface area contributed by atoms with Crippen LogP contribution in [0.4, 0.5) is 0 Å². The highest BCUT2D eigenvalue weighted by atomic mass is 16.5. The summed E-state index contributed by atoms with van der Waals surface area (Å²) in [6.45, 7) is 3.99. The van der Waals surface area contributed by atoms with E-state index in [1.54, 1.807) is 6.92 Å². The van der Waals surface area contributed by atoms with Crippen molar-refractivity contribution in [2.45, 2.75) is 45.4 Å². The number of amides is 1. The molecule has 0 spiro atoms. The molecule has 2 unspecified atom stereocenters. The van der Waals surface area contributed by atoms with E-state index in [2.05, 4.69) is 0 Å². The second kappa shape index (κ2) is 6.21. The van der Waals surface area contributed by atoms with E-state index in [0.717, 1.165) is 13.1 Å². The molecule has 1 amide bonds. The summed E-state index contributed by atoms with van der Waals surface area (Å²) in [6.07, 6.45) is 5.69. The highest BCUT2D eigenvalue weighted by molar-refractivity contribution is 5.81. The lowest BCUT2D eigenvalue weighted by Crippen LogP contribution is -2.29. The Hall–Kier alpha value is -1.06. The monoisotopic (exact) mass is 253 g/mol. The van der Waals surface area contributed by atoms with Gasteiger partial charge in [0.1, 0.15) is 0 Å². The molecule has 2 rings (SSSR count). The minimum absolute atomic E-state index is 0.123. The topological polar surface area (TPSA) is 46.6 Å². The van der Waals surface area contributed by atoms with E-state index in [-0.39, 0.29) is 18.3 Å². The van der Waals surface area contributed by atoms with Crippen LogP contribution in [-0.2, 0) is 14.3 Å². The number of nitrogens with zero attached hydrogens (tertiary/aromatic N) is 1. The van der Waals surface area contributed by atoms with Gasteiger partial charge in [-0.2, -0.15) is 0 Å². The first-order valence-corrected chi connectivity index (χ1v) is 7.14. The molecule has 0 radical (unpaired) electrons. The Kier molecular flexibility index (Phi) is 4.61. The fraction of sp³-hybridized carbons (Fsp3) is 0.857. The van der Waals surface area contributed by atoms with Gasteiger partial charge in [-0.05, 0) is 31.6 Å². The van der Waals surface area contributed by atoms with Gasteiger partial charge in [-0.25, -0.2) is 0 Å². The van der Waals surface area contributed by atoms with E-state index in [4.69, 9.17) is 4.74 Å². The number of rotatable bonds is 4. The third-order valence-electron chi connectivity index (χ3n) is 4.18. The number of hydrogen-bond donors (Lipinski definition) is 0. The van der Waals surface area contributed by atoms with Crippen LogP contribution in [0.25, 0.3) is 0 Å². The van der Waals surface area contributed by atoms with E-state index in [9.17, 15) is 9.59 Å². The average Bonchev–Trinajstić information content (AvgIpc) is 2.80. The van der Waals surface area contributed by atoms with Crippen molar-refractivity contribution in [3.05, 3.63) is 0 Å².